The van der Waals surface area contributed by atoms with Crippen LogP contribution >= 0.6 is 0 Å². The molecule has 7 nitrogen and oxygen atoms in total. The van der Waals surface area contributed by atoms with Crippen LogP contribution < -0.4 is 5.32 Å². The molecule has 3 rings (SSSR count). The molecule has 0 spiro atoms. The second-order valence-electron chi connectivity index (χ2n) is 7.39. The van der Waals surface area contributed by atoms with E-state index in [9.17, 15) is 14.7 Å². The molecule has 2 aliphatic rings. The molecular formula is C18H28N4O3. The lowest BCUT2D eigenvalue weighted by molar-refractivity contribution is -0.137. The first kappa shape index (κ1) is 17.9. The van der Waals surface area contributed by atoms with Crippen molar-refractivity contribution in [2.75, 3.05) is 13.1 Å². The van der Waals surface area contributed by atoms with E-state index in [0.717, 1.165) is 12.8 Å². The zero-order valence-corrected chi connectivity index (χ0v) is 14.7. The number of nitrogens with zero attached hydrogens (tertiary/aromatic N) is 3. The van der Waals surface area contributed by atoms with Gasteiger partial charge in [-0.2, -0.15) is 0 Å². The van der Waals surface area contributed by atoms with Crippen LogP contribution in [0.4, 0.5) is 0 Å². The Kier molecular flexibility index (Phi) is 5.73. The summed E-state index contributed by atoms with van der Waals surface area (Å²) < 4.78 is 1.87. The number of rotatable bonds is 6. The Balaban J connectivity index is 1.38. The van der Waals surface area contributed by atoms with E-state index in [4.69, 9.17) is 0 Å². The van der Waals surface area contributed by atoms with Crippen molar-refractivity contribution >= 4 is 11.8 Å². The molecule has 2 N–H and O–H groups in total. The van der Waals surface area contributed by atoms with Gasteiger partial charge >= 0.3 is 0 Å². The first-order valence-corrected chi connectivity index (χ1v) is 9.29. The predicted molar refractivity (Wildman–Crippen MR) is 92.6 cm³/mol. The van der Waals surface area contributed by atoms with Gasteiger partial charge in [0.2, 0.25) is 11.8 Å². The fraction of sp³-hybridized carbons (Fsp3) is 0.722. The number of carbonyl (C=O) groups excluding carboxylic acids is 2. The predicted octanol–water partition coefficient (Wildman–Crippen LogP) is 1.08. The fourth-order valence-electron chi connectivity index (χ4n) is 3.80. The summed E-state index contributed by atoms with van der Waals surface area (Å²) in [6.45, 7) is 1.57. The fourth-order valence-corrected chi connectivity index (χ4v) is 3.80. The third-order valence-corrected chi connectivity index (χ3v) is 5.37. The van der Waals surface area contributed by atoms with E-state index in [1.54, 1.807) is 17.4 Å². The third kappa shape index (κ3) is 5.04. The normalized spacial score (nSPS) is 20.6. The van der Waals surface area contributed by atoms with Crippen LogP contribution in [0.3, 0.4) is 0 Å². The summed E-state index contributed by atoms with van der Waals surface area (Å²) >= 11 is 0. The van der Waals surface area contributed by atoms with Crippen LogP contribution in [0.5, 0.6) is 0 Å². The van der Waals surface area contributed by atoms with Crippen LogP contribution in [0, 0.1) is 0 Å². The number of hydrogen-bond donors (Lipinski definition) is 2. The van der Waals surface area contributed by atoms with Gasteiger partial charge in [0.1, 0.15) is 0 Å². The van der Waals surface area contributed by atoms with E-state index in [1.165, 1.54) is 12.8 Å². The summed E-state index contributed by atoms with van der Waals surface area (Å²) in [6.07, 6.45) is 11.3. The van der Waals surface area contributed by atoms with Gasteiger partial charge in [-0.15, -0.1) is 0 Å². The molecular weight excluding hydrogens is 320 g/mol. The second-order valence-corrected chi connectivity index (χ2v) is 7.39. The molecule has 0 atom stereocenters. The average Bonchev–Trinajstić information content (AvgIpc) is 3.27. The molecule has 138 valence electrons. The molecule has 2 amide bonds. The molecule has 1 saturated carbocycles. The van der Waals surface area contributed by atoms with Crippen molar-refractivity contribution in [1.82, 2.24) is 19.8 Å². The van der Waals surface area contributed by atoms with Gasteiger partial charge in [0, 0.05) is 44.4 Å². The summed E-state index contributed by atoms with van der Waals surface area (Å²) in [7, 11) is 0. The van der Waals surface area contributed by atoms with Gasteiger partial charge in [0.05, 0.1) is 18.5 Å². The molecule has 1 aromatic heterocycles. The number of piperidine rings is 1. The van der Waals surface area contributed by atoms with E-state index in [0.29, 0.717) is 38.5 Å². The maximum absolute atomic E-state index is 12.3. The van der Waals surface area contributed by atoms with E-state index >= 15 is 0 Å². The Morgan fingerprint density at radius 3 is 2.56 bits per heavy atom. The van der Waals surface area contributed by atoms with Crippen LogP contribution in [0.15, 0.2) is 18.7 Å². The Morgan fingerprint density at radius 1 is 1.20 bits per heavy atom. The molecule has 1 saturated heterocycles. The summed E-state index contributed by atoms with van der Waals surface area (Å²) in [5.74, 6) is -0.0138. The first-order chi connectivity index (χ1) is 12.0. The van der Waals surface area contributed by atoms with Crippen LogP contribution in [0.1, 0.15) is 51.4 Å². The minimum Gasteiger partial charge on any atom is -0.388 e. The van der Waals surface area contributed by atoms with Crippen LogP contribution in [0.2, 0.25) is 0 Å². The van der Waals surface area contributed by atoms with E-state index < -0.39 is 5.60 Å². The van der Waals surface area contributed by atoms with Gasteiger partial charge in [0.15, 0.2) is 0 Å². The molecule has 1 aliphatic carbocycles. The summed E-state index contributed by atoms with van der Waals surface area (Å²) in [5.41, 5.74) is -0.794. The topological polar surface area (TPSA) is 87.5 Å². The van der Waals surface area contributed by atoms with Gasteiger partial charge in [-0.05, 0) is 25.7 Å². The molecule has 0 unspecified atom stereocenters. The zero-order valence-electron chi connectivity index (χ0n) is 14.7. The molecule has 1 aromatic rings. The Morgan fingerprint density at radius 2 is 1.92 bits per heavy atom. The lowest BCUT2D eigenvalue weighted by atomic mass is 9.91. The molecule has 7 heteroatoms. The van der Waals surface area contributed by atoms with Gasteiger partial charge in [0.25, 0.3) is 0 Å². The molecule has 25 heavy (non-hydrogen) atoms. The minimum atomic E-state index is -0.794. The maximum Gasteiger partial charge on any atom is 0.223 e. The Labute approximate surface area is 148 Å². The second kappa shape index (κ2) is 7.99. The van der Waals surface area contributed by atoms with Crippen molar-refractivity contribution in [2.45, 2.75) is 69.6 Å². The Hall–Kier alpha value is -1.89. The molecule has 0 aromatic carbocycles. The lowest BCUT2D eigenvalue weighted by Gasteiger charge is -2.38. The van der Waals surface area contributed by atoms with Crippen LogP contribution in [-0.2, 0) is 16.1 Å². The van der Waals surface area contributed by atoms with Crippen molar-refractivity contribution < 1.29 is 14.7 Å². The number of aromatic nitrogens is 2. The highest BCUT2D eigenvalue weighted by atomic mass is 16.3. The molecule has 1 aliphatic heterocycles. The number of imidazole rings is 1. The number of likely N-dealkylation sites (tertiary alicyclic amines) is 1. The first-order valence-electron chi connectivity index (χ1n) is 9.29. The lowest BCUT2D eigenvalue weighted by Crippen LogP contribution is -2.48. The minimum absolute atomic E-state index is 0.00579. The van der Waals surface area contributed by atoms with Gasteiger partial charge in [-0.25, -0.2) is 4.98 Å². The standard InChI is InChI=1S/C18H28N4O3/c23-16(20-15-3-1-2-4-15)5-6-17(24)22-10-7-18(25,8-11-22)13-21-12-9-19-14-21/h9,12,14-15,25H,1-8,10-11,13H2,(H,20,23). The molecule has 0 radical (unpaired) electrons. The Bertz CT molecular complexity index is 573. The smallest absolute Gasteiger partial charge is 0.223 e. The number of carbonyl (C=O) groups is 2. The van der Waals surface area contributed by atoms with Crippen LogP contribution in [0.25, 0.3) is 0 Å². The molecule has 0 bridgehead atoms. The third-order valence-electron chi connectivity index (χ3n) is 5.37. The highest BCUT2D eigenvalue weighted by Gasteiger charge is 2.34. The van der Waals surface area contributed by atoms with E-state index in [-0.39, 0.29) is 24.7 Å². The number of aliphatic hydroxyl groups is 1. The molecule has 2 fully saturated rings. The van der Waals surface area contributed by atoms with Crippen molar-refractivity contribution in [3.05, 3.63) is 18.7 Å². The number of hydrogen-bond acceptors (Lipinski definition) is 4. The highest BCUT2D eigenvalue weighted by Crippen LogP contribution is 2.24. The summed E-state index contributed by atoms with van der Waals surface area (Å²) in [4.78, 5) is 30.0. The highest BCUT2D eigenvalue weighted by molar-refractivity contribution is 5.84. The largest absolute Gasteiger partial charge is 0.388 e. The van der Waals surface area contributed by atoms with Crippen LogP contribution in [-0.4, -0.2) is 56.1 Å². The van der Waals surface area contributed by atoms with Gasteiger partial charge < -0.3 is 19.9 Å². The van der Waals surface area contributed by atoms with Crippen molar-refractivity contribution in [3.8, 4) is 0 Å². The SMILES string of the molecule is O=C(CCC(=O)N1CCC(O)(Cn2ccnc2)CC1)NC1CCCC1. The monoisotopic (exact) mass is 348 g/mol. The van der Waals surface area contributed by atoms with Crippen molar-refractivity contribution in [3.63, 3.8) is 0 Å². The average molecular weight is 348 g/mol. The molecule has 2 heterocycles. The van der Waals surface area contributed by atoms with Crippen molar-refractivity contribution in [1.29, 1.82) is 0 Å². The number of nitrogens with one attached hydrogen (secondary N) is 1. The zero-order chi connectivity index (χ0) is 17.7. The van der Waals surface area contributed by atoms with Crippen molar-refractivity contribution in [2.24, 2.45) is 0 Å². The quantitative estimate of drug-likeness (QED) is 0.805. The van der Waals surface area contributed by atoms with E-state index in [2.05, 4.69) is 10.3 Å². The number of amides is 2. The maximum atomic E-state index is 12.3. The summed E-state index contributed by atoms with van der Waals surface area (Å²) in [6, 6.07) is 0.302. The summed E-state index contributed by atoms with van der Waals surface area (Å²) in [5, 5.41) is 13.7. The van der Waals surface area contributed by atoms with Gasteiger partial charge in [-0.1, -0.05) is 12.8 Å². The van der Waals surface area contributed by atoms with E-state index in [1.807, 2.05) is 10.8 Å². The van der Waals surface area contributed by atoms with Gasteiger partial charge in [-0.3, -0.25) is 9.59 Å².